The summed E-state index contributed by atoms with van der Waals surface area (Å²) in [4.78, 5) is 22.5. The van der Waals surface area contributed by atoms with Crippen LogP contribution in [-0.4, -0.2) is 46.7 Å². The van der Waals surface area contributed by atoms with Crippen molar-refractivity contribution in [2.75, 3.05) is 6.61 Å². The van der Waals surface area contributed by atoms with Crippen LogP contribution in [0.2, 0.25) is 0 Å². The van der Waals surface area contributed by atoms with Crippen LogP contribution in [0.4, 0.5) is 0 Å². The van der Waals surface area contributed by atoms with Crippen LogP contribution >= 0.6 is 0 Å². The SMILES string of the molecule is CCOC(=O)C(=N/NC1=NC(C)(C)Cc2ccccc21)/C(C)=N/NC1=NC(C)(C)Cc2ccccc21. The van der Waals surface area contributed by atoms with Crippen molar-refractivity contribution < 1.29 is 9.53 Å². The van der Waals surface area contributed by atoms with Gasteiger partial charge in [0, 0.05) is 11.1 Å². The van der Waals surface area contributed by atoms with Gasteiger partial charge in [0.25, 0.3) is 0 Å². The number of nitrogens with zero attached hydrogens (tertiary/aromatic N) is 4. The van der Waals surface area contributed by atoms with Gasteiger partial charge in [-0.2, -0.15) is 10.2 Å². The van der Waals surface area contributed by atoms with Crippen LogP contribution in [0.15, 0.2) is 68.7 Å². The number of amidine groups is 2. The summed E-state index contributed by atoms with van der Waals surface area (Å²) in [5.41, 5.74) is 10.3. The summed E-state index contributed by atoms with van der Waals surface area (Å²) in [6.07, 6.45) is 1.67. The number of esters is 1. The molecule has 188 valence electrons. The molecule has 0 aromatic heterocycles. The average molecular weight is 487 g/mol. The van der Waals surface area contributed by atoms with E-state index in [2.05, 4.69) is 60.9 Å². The molecule has 0 spiro atoms. The molecule has 2 aliphatic heterocycles. The van der Waals surface area contributed by atoms with Crippen molar-refractivity contribution in [3.05, 3.63) is 70.8 Å². The predicted molar refractivity (Wildman–Crippen MR) is 145 cm³/mol. The van der Waals surface area contributed by atoms with Gasteiger partial charge in [-0.25, -0.2) is 4.79 Å². The number of carbonyl (C=O) groups is 1. The summed E-state index contributed by atoms with van der Waals surface area (Å²) >= 11 is 0. The van der Waals surface area contributed by atoms with E-state index in [0.717, 1.165) is 24.0 Å². The van der Waals surface area contributed by atoms with Gasteiger partial charge in [0.05, 0.1) is 23.4 Å². The first kappa shape index (κ1) is 25.3. The van der Waals surface area contributed by atoms with Crippen LogP contribution in [0.1, 0.15) is 63.8 Å². The minimum atomic E-state index is -0.566. The topological polar surface area (TPSA) is 99.8 Å². The molecule has 0 fully saturated rings. The highest BCUT2D eigenvalue weighted by Crippen LogP contribution is 2.27. The van der Waals surface area contributed by atoms with Crippen LogP contribution in [0.5, 0.6) is 0 Å². The lowest BCUT2D eigenvalue weighted by Gasteiger charge is -2.28. The van der Waals surface area contributed by atoms with Crippen molar-refractivity contribution >= 4 is 29.1 Å². The first-order valence-corrected chi connectivity index (χ1v) is 12.3. The fourth-order valence-corrected chi connectivity index (χ4v) is 4.49. The molecule has 8 nitrogen and oxygen atoms in total. The third-order valence-corrected chi connectivity index (χ3v) is 6.03. The molecule has 0 bridgehead atoms. The maximum Gasteiger partial charge on any atom is 0.360 e. The Bertz CT molecular complexity index is 1290. The fraction of sp³-hybridized carbons (Fsp3) is 0.393. The summed E-state index contributed by atoms with van der Waals surface area (Å²) in [5, 5.41) is 8.89. The Morgan fingerprint density at radius 2 is 1.33 bits per heavy atom. The molecule has 0 radical (unpaired) electrons. The first-order chi connectivity index (χ1) is 17.1. The van der Waals surface area contributed by atoms with Crippen LogP contribution in [0.25, 0.3) is 0 Å². The van der Waals surface area contributed by atoms with Gasteiger partial charge in [-0.3, -0.25) is 20.8 Å². The van der Waals surface area contributed by atoms with Crippen LogP contribution in [0, 0.1) is 0 Å². The number of benzene rings is 2. The monoisotopic (exact) mass is 486 g/mol. The molecule has 2 N–H and O–H groups in total. The number of aliphatic imine (C=N–C) groups is 2. The smallest absolute Gasteiger partial charge is 0.360 e. The number of fused-ring (bicyclic) bond motifs is 2. The zero-order valence-corrected chi connectivity index (χ0v) is 21.8. The summed E-state index contributed by atoms with van der Waals surface area (Å²) in [5.74, 6) is 0.699. The largest absolute Gasteiger partial charge is 0.461 e. The third kappa shape index (κ3) is 5.70. The van der Waals surface area contributed by atoms with E-state index in [0.29, 0.717) is 17.4 Å². The van der Waals surface area contributed by atoms with E-state index >= 15 is 0 Å². The van der Waals surface area contributed by atoms with Gasteiger partial charge in [-0.1, -0.05) is 48.5 Å². The number of hydrogen-bond donors (Lipinski definition) is 2. The molecule has 0 unspecified atom stereocenters. The Morgan fingerprint density at radius 3 is 1.83 bits per heavy atom. The minimum absolute atomic E-state index is 0.0665. The molecule has 0 aliphatic carbocycles. The summed E-state index contributed by atoms with van der Waals surface area (Å²) in [7, 11) is 0. The molecule has 8 heteroatoms. The molecule has 0 saturated carbocycles. The van der Waals surface area contributed by atoms with Crippen LogP contribution in [0.3, 0.4) is 0 Å². The normalized spacial score (nSPS) is 18.3. The molecule has 2 aromatic carbocycles. The van der Waals surface area contributed by atoms with E-state index in [4.69, 9.17) is 14.7 Å². The number of hydrogen-bond acceptors (Lipinski definition) is 8. The van der Waals surface area contributed by atoms with Gasteiger partial charge in [-0.15, -0.1) is 0 Å². The Morgan fingerprint density at radius 1 is 0.861 bits per heavy atom. The Labute approximate surface area is 212 Å². The van der Waals surface area contributed by atoms with Crippen molar-refractivity contribution in [2.45, 2.75) is 65.5 Å². The van der Waals surface area contributed by atoms with Crippen molar-refractivity contribution in [3.63, 3.8) is 0 Å². The zero-order valence-electron chi connectivity index (χ0n) is 21.8. The van der Waals surface area contributed by atoms with E-state index in [1.165, 1.54) is 11.1 Å². The highest BCUT2D eigenvalue weighted by atomic mass is 16.5. The van der Waals surface area contributed by atoms with Gasteiger partial charge in [-0.05, 0) is 65.5 Å². The van der Waals surface area contributed by atoms with E-state index in [1.54, 1.807) is 13.8 Å². The molecular formula is C28H34N6O2. The predicted octanol–water partition coefficient (Wildman–Crippen LogP) is 4.02. The summed E-state index contributed by atoms with van der Waals surface area (Å²) in [6.45, 7) is 12.0. The zero-order chi connectivity index (χ0) is 25.9. The number of nitrogens with one attached hydrogen (secondary N) is 2. The molecule has 0 saturated heterocycles. The van der Waals surface area contributed by atoms with E-state index < -0.39 is 5.97 Å². The van der Waals surface area contributed by atoms with Crippen LogP contribution < -0.4 is 10.9 Å². The van der Waals surface area contributed by atoms with Gasteiger partial charge in [0.15, 0.2) is 5.71 Å². The molecule has 36 heavy (non-hydrogen) atoms. The third-order valence-electron chi connectivity index (χ3n) is 6.03. The standard InChI is InChI=1S/C28H34N6O2/c1-7-36-26(35)23(32-34-25-22-15-11-9-13-20(22)17-28(5,6)30-25)18(2)31-33-24-21-14-10-8-12-19(21)16-27(3,4)29-24/h8-15H,7,16-17H2,1-6H3,(H,29,33)(H,30,34)/b31-18+,32-23+. The highest BCUT2D eigenvalue weighted by Gasteiger charge is 2.28. The van der Waals surface area contributed by atoms with Crippen molar-refractivity contribution in [1.29, 1.82) is 0 Å². The fourth-order valence-electron chi connectivity index (χ4n) is 4.49. The molecule has 0 amide bonds. The Hall–Kier alpha value is -3.81. The lowest BCUT2D eigenvalue weighted by molar-refractivity contribution is -0.134. The van der Waals surface area contributed by atoms with Crippen molar-refractivity contribution in [1.82, 2.24) is 10.9 Å². The molecular weight excluding hydrogens is 452 g/mol. The summed E-state index contributed by atoms with van der Waals surface area (Å²) < 4.78 is 5.27. The van der Waals surface area contributed by atoms with E-state index in [9.17, 15) is 4.79 Å². The number of hydrazone groups is 2. The maximum atomic E-state index is 12.8. The first-order valence-electron chi connectivity index (χ1n) is 12.3. The van der Waals surface area contributed by atoms with Gasteiger partial charge >= 0.3 is 5.97 Å². The van der Waals surface area contributed by atoms with Crippen molar-refractivity contribution in [3.8, 4) is 0 Å². The average Bonchev–Trinajstić information content (AvgIpc) is 2.81. The number of carbonyl (C=O) groups excluding carboxylic acids is 1. The molecule has 0 atom stereocenters. The maximum absolute atomic E-state index is 12.8. The molecule has 2 aromatic rings. The van der Waals surface area contributed by atoms with Gasteiger partial charge in [0.1, 0.15) is 11.7 Å². The molecule has 2 aliphatic rings. The number of rotatable bonds is 5. The van der Waals surface area contributed by atoms with Crippen molar-refractivity contribution in [2.24, 2.45) is 20.2 Å². The Kier molecular flexibility index (Phi) is 7.06. The van der Waals surface area contributed by atoms with E-state index in [-0.39, 0.29) is 23.4 Å². The Balaban J connectivity index is 1.63. The summed E-state index contributed by atoms with van der Waals surface area (Å²) in [6, 6.07) is 16.2. The lowest BCUT2D eigenvalue weighted by Crippen LogP contribution is -2.37. The second-order valence-electron chi connectivity index (χ2n) is 10.3. The minimum Gasteiger partial charge on any atom is -0.461 e. The number of ether oxygens (including phenoxy) is 1. The highest BCUT2D eigenvalue weighted by molar-refractivity contribution is 6.65. The van der Waals surface area contributed by atoms with Gasteiger partial charge < -0.3 is 4.74 Å². The lowest BCUT2D eigenvalue weighted by atomic mass is 9.89. The van der Waals surface area contributed by atoms with Gasteiger partial charge in [0.2, 0.25) is 0 Å². The van der Waals surface area contributed by atoms with E-state index in [1.807, 2.05) is 36.4 Å². The quantitative estimate of drug-likeness (QED) is 0.379. The van der Waals surface area contributed by atoms with Crippen LogP contribution in [-0.2, 0) is 22.4 Å². The molecule has 4 rings (SSSR count). The second-order valence-corrected chi connectivity index (χ2v) is 10.3. The second kappa shape index (κ2) is 10.0. The molecule has 2 heterocycles.